The molecule has 0 aromatic heterocycles. The molecule has 5 nitrogen and oxygen atoms in total. The van der Waals surface area contributed by atoms with E-state index < -0.39 is 21.7 Å². The van der Waals surface area contributed by atoms with Gasteiger partial charge in [0.05, 0.1) is 11.9 Å². The standard InChI is InChI=1S/C14H18FNO4S/c1-10-5-6-11(8-13(10)15)14(17)16-21(18,19)9-12-4-2-3-7-20-12/h5-6,8,12H,2-4,7,9H2,1H3,(H,16,17)/t12-/m0/s1. The van der Waals surface area contributed by atoms with Crippen LogP contribution >= 0.6 is 0 Å². The Bertz CT molecular complexity index is 624. The van der Waals surface area contributed by atoms with Gasteiger partial charge in [0.25, 0.3) is 5.91 Å². The third-order valence-corrected chi connectivity index (χ3v) is 4.67. The van der Waals surface area contributed by atoms with Gasteiger partial charge in [0, 0.05) is 12.2 Å². The molecule has 1 heterocycles. The summed E-state index contributed by atoms with van der Waals surface area (Å²) in [5, 5.41) is 0. The minimum atomic E-state index is -3.80. The van der Waals surface area contributed by atoms with Gasteiger partial charge in [0.1, 0.15) is 5.82 Å². The molecule has 1 N–H and O–H groups in total. The Kier molecular flexibility index (Phi) is 4.95. The highest BCUT2D eigenvalue weighted by Gasteiger charge is 2.24. The van der Waals surface area contributed by atoms with Crippen LogP contribution in [-0.4, -0.2) is 32.8 Å². The van der Waals surface area contributed by atoms with Crippen molar-refractivity contribution in [1.82, 2.24) is 4.72 Å². The molecule has 2 rings (SSSR count). The van der Waals surface area contributed by atoms with Crippen LogP contribution in [0.1, 0.15) is 35.2 Å². The van der Waals surface area contributed by atoms with E-state index in [0.717, 1.165) is 18.9 Å². The minimum Gasteiger partial charge on any atom is -0.377 e. The number of benzene rings is 1. The lowest BCUT2D eigenvalue weighted by molar-refractivity contribution is 0.0304. The van der Waals surface area contributed by atoms with Crippen molar-refractivity contribution in [2.24, 2.45) is 0 Å². The first kappa shape index (κ1) is 15.9. The maximum Gasteiger partial charge on any atom is 0.264 e. The van der Waals surface area contributed by atoms with Gasteiger partial charge in [-0.25, -0.2) is 17.5 Å². The van der Waals surface area contributed by atoms with Crippen LogP contribution in [0.3, 0.4) is 0 Å². The smallest absolute Gasteiger partial charge is 0.264 e. The summed E-state index contributed by atoms with van der Waals surface area (Å²) in [6.07, 6.45) is 2.11. The molecule has 0 unspecified atom stereocenters. The zero-order chi connectivity index (χ0) is 15.5. The highest BCUT2D eigenvalue weighted by molar-refractivity contribution is 7.90. The minimum absolute atomic E-state index is 0.0220. The molecule has 0 spiro atoms. The van der Waals surface area contributed by atoms with Gasteiger partial charge >= 0.3 is 0 Å². The van der Waals surface area contributed by atoms with Crippen LogP contribution in [0.5, 0.6) is 0 Å². The molecule has 1 aromatic rings. The lowest BCUT2D eigenvalue weighted by Gasteiger charge is -2.22. The van der Waals surface area contributed by atoms with Crippen molar-refractivity contribution in [2.45, 2.75) is 32.3 Å². The van der Waals surface area contributed by atoms with Crippen LogP contribution < -0.4 is 4.72 Å². The first-order valence-corrected chi connectivity index (χ1v) is 8.45. The number of amides is 1. The highest BCUT2D eigenvalue weighted by atomic mass is 32.2. The van der Waals surface area contributed by atoms with Gasteiger partial charge in [-0.15, -0.1) is 0 Å². The van der Waals surface area contributed by atoms with Gasteiger partial charge in [-0.3, -0.25) is 4.79 Å². The molecule has 0 radical (unpaired) electrons. The summed E-state index contributed by atoms with van der Waals surface area (Å²) in [7, 11) is -3.80. The van der Waals surface area contributed by atoms with E-state index in [1.165, 1.54) is 12.1 Å². The van der Waals surface area contributed by atoms with Crippen LogP contribution in [0.15, 0.2) is 18.2 Å². The molecule has 1 aromatic carbocycles. The van der Waals surface area contributed by atoms with E-state index >= 15 is 0 Å². The van der Waals surface area contributed by atoms with Gasteiger partial charge in [0.2, 0.25) is 10.0 Å². The van der Waals surface area contributed by atoms with Crippen molar-refractivity contribution < 1.29 is 22.3 Å². The number of carbonyl (C=O) groups excluding carboxylic acids is 1. The predicted octanol–water partition coefficient (Wildman–Crippen LogP) is 1.76. The lowest BCUT2D eigenvalue weighted by atomic mass is 10.1. The summed E-state index contributed by atoms with van der Waals surface area (Å²) in [5.74, 6) is -1.63. The number of sulfonamides is 1. The van der Waals surface area contributed by atoms with E-state index in [0.29, 0.717) is 18.6 Å². The average Bonchev–Trinajstić information content (AvgIpc) is 2.41. The summed E-state index contributed by atoms with van der Waals surface area (Å²) in [4.78, 5) is 11.9. The van der Waals surface area contributed by atoms with Crippen molar-refractivity contribution in [2.75, 3.05) is 12.4 Å². The summed E-state index contributed by atoms with van der Waals surface area (Å²) in [5.41, 5.74) is 0.372. The fourth-order valence-electron chi connectivity index (χ4n) is 2.16. The van der Waals surface area contributed by atoms with E-state index in [-0.39, 0.29) is 17.4 Å². The Hall–Kier alpha value is -1.47. The summed E-state index contributed by atoms with van der Waals surface area (Å²) < 4.78 is 44.6. The summed E-state index contributed by atoms with van der Waals surface area (Å²) >= 11 is 0. The van der Waals surface area contributed by atoms with E-state index in [4.69, 9.17) is 4.74 Å². The lowest BCUT2D eigenvalue weighted by Crippen LogP contribution is -2.38. The quantitative estimate of drug-likeness (QED) is 0.919. The average molecular weight is 315 g/mol. The Morgan fingerprint density at radius 3 is 2.81 bits per heavy atom. The van der Waals surface area contributed by atoms with E-state index in [1.807, 2.05) is 4.72 Å². The number of hydrogen-bond acceptors (Lipinski definition) is 4. The second-order valence-corrected chi connectivity index (χ2v) is 6.93. The molecule has 1 aliphatic heterocycles. The maximum absolute atomic E-state index is 13.4. The third-order valence-electron chi connectivity index (χ3n) is 3.36. The van der Waals surface area contributed by atoms with Crippen LogP contribution in [0, 0.1) is 12.7 Å². The van der Waals surface area contributed by atoms with Crippen LogP contribution in [0.2, 0.25) is 0 Å². The van der Waals surface area contributed by atoms with Crippen LogP contribution in [0.4, 0.5) is 4.39 Å². The molecule has 0 aliphatic carbocycles. The second kappa shape index (κ2) is 6.53. The molecule has 1 atom stereocenters. The number of hydrogen-bond donors (Lipinski definition) is 1. The second-order valence-electron chi connectivity index (χ2n) is 5.17. The monoisotopic (exact) mass is 315 g/mol. The number of aryl methyl sites for hydroxylation is 1. The summed E-state index contributed by atoms with van der Waals surface area (Å²) in [6, 6.07) is 3.85. The topological polar surface area (TPSA) is 72.5 Å². The fourth-order valence-corrected chi connectivity index (χ4v) is 3.40. The molecule has 1 aliphatic rings. The first-order chi connectivity index (χ1) is 9.87. The van der Waals surface area contributed by atoms with Crippen molar-refractivity contribution >= 4 is 15.9 Å². The fraction of sp³-hybridized carbons (Fsp3) is 0.500. The van der Waals surface area contributed by atoms with Crippen molar-refractivity contribution in [1.29, 1.82) is 0 Å². The maximum atomic E-state index is 13.4. The number of nitrogens with one attached hydrogen (secondary N) is 1. The summed E-state index contributed by atoms with van der Waals surface area (Å²) in [6.45, 7) is 2.10. The number of carbonyl (C=O) groups is 1. The largest absolute Gasteiger partial charge is 0.377 e. The zero-order valence-electron chi connectivity index (χ0n) is 11.8. The van der Waals surface area contributed by atoms with E-state index in [1.54, 1.807) is 6.92 Å². The van der Waals surface area contributed by atoms with Crippen LogP contribution in [0.25, 0.3) is 0 Å². The Balaban J connectivity index is 2.01. The number of halogens is 1. The molecule has 21 heavy (non-hydrogen) atoms. The van der Waals surface area contributed by atoms with E-state index in [2.05, 4.69) is 0 Å². The molecule has 0 bridgehead atoms. The normalized spacial score (nSPS) is 19.2. The highest BCUT2D eigenvalue weighted by Crippen LogP contribution is 2.14. The third kappa shape index (κ3) is 4.50. The molecule has 1 fully saturated rings. The van der Waals surface area contributed by atoms with Crippen molar-refractivity contribution in [3.63, 3.8) is 0 Å². The molecular weight excluding hydrogens is 297 g/mol. The number of rotatable bonds is 4. The Morgan fingerprint density at radius 2 is 2.19 bits per heavy atom. The van der Waals surface area contributed by atoms with Gasteiger partial charge in [-0.05, 0) is 43.9 Å². The predicted molar refractivity (Wildman–Crippen MR) is 76.0 cm³/mol. The number of ether oxygens (including phenoxy) is 1. The van der Waals surface area contributed by atoms with Gasteiger partial charge in [0.15, 0.2) is 0 Å². The van der Waals surface area contributed by atoms with Crippen LogP contribution in [-0.2, 0) is 14.8 Å². The Labute approximate surface area is 123 Å². The first-order valence-electron chi connectivity index (χ1n) is 6.80. The van der Waals surface area contributed by atoms with Crippen molar-refractivity contribution in [3.05, 3.63) is 35.1 Å². The molecular formula is C14H18FNO4S. The van der Waals surface area contributed by atoms with Gasteiger partial charge < -0.3 is 4.74 Å². The molecule has 116 valence electrons. The van der Waals surface area contributed by atoms with Gasteiger partial charge in [-0.2, -0.15) is 0 Å². The molecule has 7 heteroatoms. The zero-order valence-corrected chi connectivity index (χ0v) is 12.6. The molecule has 1 saturated heterocycles. The SMILES string of the molecule is Cc1ccc(C(=O)NS(=O)(=O)C[C@@H]2CCCCO2)cc1F. The Morgan fingerprint density at radius 1 is 1.43 bits per heavy atom. The molecule has 0 saturated carbocycles. The molecule has 1 amide bonds. The van der Waals surface area contributed by atoms with E-state index in [9.17, 15) is 17.6 Å². The van der Waals surface area contributed by atoms with Gasteiger partial charge in [-0.1, -0.05) is 6.07 Å². The van der Waals surface area contributed by atoms with Crippen molar-refractivity contribution in [3.8, 4) is 0 Å².